The maximum Gasteiger partial charge on any atom is 0.270 e. The van der Waals surface area contributed by atoms with Gasteiger partial charge in [-0.3, -0.25) is 4.79 Å². The van der Waals surface area contributed by atoms with Gasteiger partial charge in [0.2, 0.25) is 16.1 Å². The number of amides is 1. The lowest BCUT2D eigenvalue weighted by atomic mass is 10.1. The molecule has 6 nitrogen and oxygen atoms in total. The molecule has 1 atom stereocenters. The molecule has 8 heteroatoms. The molecule has 0 aromatic heterocycles. The molecular weight excluding hydrogens is 448 g/mol. The highest BCUT2D eigenvalue weighted by atomic mass is 35.5. The number of anilines is 1. The third-order valence-electron chi connectivity index (χ3n) is 4.88. The number of ether oxygens (including phenoxy) is 1. The van der Waals surface area contributed by atoms with Crippen LogP contribution in [0.4, 0.5) is 5.69 Å². The number of hydrogen-bond donors (Lipinski definition) is 1. The van der Waals surface area contributed by atoms with E-state index in [1.54, 1.807) is 38.1 Å². The summed E-state index contributed by atoms with van der Waals surface area (Å²) in [7, 11) is -3.71. The lowest BCUT2D eigenvalue weighted by molar-refractivity contribution is -0.123. The SMILES string of the molecule is CCN(CC)S(=O)(=O)c1ccc(Cl)c(NC(=O)C(Oc2ccccc2)c2ccccc2)c1. The summed E-state index contributed by atoms with van der Waals surface area (Å²) in [4.78, 5) is 13.3. The molecule has 0 aliphatic carbocycles. The Hall–Kier alpha value is -2.87. The summed E-state index contributed by atoms with van der Waals surface area (Å²) < 4.78 is 33.1. The van der Waals surface area contributed by atoms with Crippen molar-refractivity contribution in [3.63, 3.8) is 0 Å². The van der Waals surface area contributed by atoms with E-state index >= 15 is 0 Å². The van der Waals surface area contributed by atoms with Crippen LogP contribution in [-0.2, 0) is 14.8 Å². The molecule has 1 amide bonds. The van der Waals surface area contributed by atoms with E-state index < -0.39 is 22.0 Å². The van der Waals surface area contributed by atoms with E-state index in [1.165, 1.54) is 22.5 Å². The Morgan fingerprint density at radius 1 is 0.969 bits per heavy atom. The van der Waals surface area contributed by atoms with Crippen molar-refractivity contribution in [3.05, 3.63) is 89.4 Å². The van der Waals surface area contributed by atoms with Gasteiger partial charge in [0.05, 0.1) is 15.6 Å². The highest BCUT2D eigenvalue weighted by molar-refractivity contribution is 7.89. The summed E-state index contributed by atoms with van der Waals surface area (Å²) in [6.07, 6.45) is -0.960. The molecule has 3 aromatic rings. The number of carbonyl (C=O) groups is 1. The molecule has 3 aromatic carbocycles. The van der Waals surface area contributed by atoms with Gasteiger partial charge in [0, 0.05) is 18.7 Å². The Kier molecular flexibility index (Phi) is 7.90. The third kappa shape index (κ3) is 5.48. The number of sulfonamides is 1. The normalized spacial score (nSPS) is 12.4. The number of rotatable bonds is 9. The van der Waals surface area contributed by atoms with Crippen molar-refractivity contribution < 1.29 is 17.9 Å². The topological polar surface area (TPSA) is 75.7 Å². The summed E-state index contributed by atoms with van der Waals surface area (Å²) in [6, 6.07) is 22.3. The monoisotopic (exact) mass is 472 g/mol. The van der Waals surface area contributed by atoms with Crippen LogP contribution in [-0.4, -0.2) is 31.7 Å². The molecular formula is C24H25ClN2O4S. The maximum atomic E-state index is 13.2. The first-order valence-corrected chi connectivity index (χ1v) is 12.1. The zero-order chi connectivity index (χ0) is 23.1. The lowest BCUT2D eigenvalue weighted by Gasteiger charge is -2.21. The Labute approximate surface area is 193 Å². The summed E-state index contributed by atoms with van der Waals surface area (Å²) >= 11 is 6.28. The third-order valence-corrected chi connectivity index (χ3v) is 7.25. The fraction of sp³-hybridized carbons (Fsp3) is 0.208. The lowest BCUT2D eigenvalue weighted by Crippen LogP contribution is -2.31. The van der Waals surface area contributed by atoms with Gasteiger partial charge in [-0.05, 0) is 30.3 Å². The van der Waals surface area contributed by atoms with Gasteiger partial charge < -0.3 is 10.1 Å². The number of halogens is 1. The molecule has 0 fully saturated rings. The Morgan fingerprint density at radius 3 is 2.16 bits per heavy atom. The second-order valence-electron chi connectivity index (χ2n) is 6.94. The molecule has 0 saturated heterocycles. The highest BCUT2D eigenvalue weighted by Gasteiger charge is 2.26. The number of para-hydroxylation sites is 1. The largest absolute Gasteiger partial charge is 0.476 e. The molecule has 0 bridgehead atoms. The Bertz CT molecular complexity index is 1150. The summed E-state index contributed by atoms with van der Waals surface area (Å²) in [6.45, 7) is 4.21. The molecule has 0 aliphatic rings. The minimum Gasteiger partial charge on any atom is -0.476 e. The molecule has 168 valence electrons. The van der Waals surface area contributed by atoms with Crippen LogP contribution in [0.2, 0.25) is 5.02 Å². The van der Waals surface area contributed by atoms with E-state index in [9.17, 15) is 13.2 Å². The standard InChI is InChI=1S/C24H25ClN2O4S/c1-3-27(4-2)32(29,30)20-15-16-21(25)22(17-20)26-24(28)23(18-11-7-5-8-12-18)31-19-13-9-6-10-14-19/h5-17,23H,3-4H2,1-2H3,(H,26,28). The van der Waals surface area contributed by atoms with E-state index in [0.717, 1.165) is 0 Å². The number of benzene rings is 3. The number of hydrogen-bond acceptors (Lipinski definition) is 4. The van der Waals surface area contributed by atoms with Crippen molar-refractivity contribution in [2.45, 2.75) is 24.8 Å². The summed E-state index contributed by atoms with van der Waals surface area (Å²) in [5.41, 5.74) is 0.847. The zero-order valence-corrected chi connectivity index (χ0v) is 19.4. The van der Waals surface area contributed by atoms with Crippen molar-refractivity contribution in [3.8, 4) is 5.75 Å². The van der Waals surface area contributed by atoms with Crippen LogP contribution >= 0.6 is 11.6 Å². The molecule has 1 N–H and O–H groups in total. The molecule has 0 radical (unpaired) electrons. The van der Waals surface area contributed by atoms with Crippen molar-refractivity contribution in [2.24, 2.45) is 0 Å². The first kappa shape index (κ1) is 23.8. The molecule has 32 heavy (non-hydrogen) atoms. The van der Waals surface area contributed by atoms with Gasteiger partial charge in [-0.25, -0.2) is 8.42 Å². The van der Waals surface area contributed by atoms with Crippen LogP contribution in [0.15, 0.2) is 83.8 Å². The number of carbonyl (C=O) groups excluding carboxylic acids is 1. The van der Waals surface area contributed by atoms with Crippen LogP contribution in [0.3, 0.4) is 0 Å². The molecule has 0 aliphatic heterocycles. The van der Waals surface area contributed by atoms with Gasteiger partial charge in [0.25, 0.3) is 5.91 Å². The highest BCUT2D eigenvalue weighted by Crippen LogP contribution is 2.29. The average Bonchev–Trinajstić information content (AvgIpc) is 2.80. The second kappa shape index (κ2) is 10.6. The quantitative estimate of drug-likeness (QED) is 0.468. The second-order valence-corrected chi connectivity index (χ2v) is 9.29. The first-order valence-electron chi connectivity index (χ1n) is 10.2. The van der Waals surface area contributed by atoms with E-state index in [2.05, 4.69) is 5.32 Å². The average molecular weight is 473 g/mol. The van der Waals surface area contributed by atoms with Crippen molar-refractivity contribution in [1.29, 1.82) is 0 Å². The predicted molar refractivity (Wildman–Crippen MR) is 126 cm³/mol. The van der Waals surface area contributed by atoms with E-state index in [-0.39, 0.29) is 15.6 Å². The first-order chi connectivity index (χ1) is 15.4. The number of nitrogens with one attached hydrogen (secondary N) is 1. The number of nitrogens with zero attached hydrogens (tertiary/aromatic N) is 1. The molecule has 0 spiro atoms. The summed E-state index contributed by atoms with van der Waals surface area (Å²) in [5.74, 6) is 0.0554. The van der Waals surface area contributed by atoms with Crippen LogP contribution in [0.1, 0.15) is 25.5 Å². The summed E-state index contributed by atoms with van der Waals surface area (Å²) in [5, 5.41) is 2.96. The van der Waals surface area contributed by atoms with Gasteiger partial charge in [-0.1, -0.05) is 74.0 Å². The van der Waals surface area contributed by atoms with E-state index in [1.807, 2.05) is 36.4 Å². The van der Waals surface area contributed by atoms with Crippen LogP contribution in [0.5, 0.6) is 5.75 Å². The fourth-order valence-electron chi connectivity index (χ4n) is 3.21. The van der Waals surface area contributed by atoms with E-state index in [0.29, 0.717) is 24.4 Å². The molecule has 1 unspecified atom stereocenters. The van der Waals surface area contributed by atoms with Crippen molar-refractivity contribution in [1.82, 2.24) is 4.31 Å². The Balaban J connectivity index is 1.92. The molecule has 0 saturated carbocycles. The molecule has 3 rings (SSSR count). The fourth-order valence-corrected chi connectivity index (χ4v) is 4.86. The predicted octanol–water partition coefficient (Wildman–Crippen LogP) is 5.13. The van der Waals surface area contributed by atoms with Gasteiger partial charge >= 0.3 is 0 Å². The van der Waals surface area contributed by atoms with Crippen LogP contribution in [0, 0.1) is 0 Å². The van der Waals surface area contributed by atoms with Crippen LogP contribution in [0.25, 0.3) is 0 Å². The van der Waals surface area contributed by atoms with Gasteiger partial charge in [0.1, 0.15) is 5.75 Å². The van der Waals surface area contributed by atoms with Crippen molar-refractivity contribution >= 4 is 33.2 Å². The van der Waals surface area contributed by atoms with Gasteiger partial charge in [-0.15, -0.1) is 0 Å². The maximum absolute atomic E-state index is 13.2. The minimum absolute atomic E-state index is 0.0566. The van der Waals surface area contributed by atoms with Crippen LogP contribution < -0.4 is 10.1 Å². The zero-order valence-electron chi connectivity index (χ0n) is 17.9. The Morgan fingerprint density at radius 2 is 1.56 bits per heavy atom. The smallest absolute Gasteiger partial charge is 0.270 e. The van der Waals surface area contributed by atoms with Gasteiger partial charge in [-0.2, -0.15) is 4.31 Å². The van der Waals surface area contributed by atoms with Gasteiger partial charge in [0.15, 0.2) is 0 Å². The molecule has 0 heterocycles. The van der Waals surface area contributed by atoms with E-state index in [4.69, 9.17) is 16.3 Å². The van der Waals surface area contributed by atoms with Crippen molar-refractivity contribution in [2.75, 3.05) is 18.4 Å². The minimum atomic E-state index is -3.71.